The summed E-state index contributed by atoms with van der Waals surface area (Å²) in [4.78, 5) is 40.8. The molecule has 0 unspecified atom stereocenters. The summed E-state index contributed by atoms with van der Waals surface area (Å²) in [5.74, 6) is 0.125. The molecular weight excluding hydrogens is 616 g/mol. The first-order chi connectivity index (χ1) is 22.9. The number of aryl methyl sites for hydroxylation is 1. The molecule has 6 heterocycles. The van der Waals surface area contributed by atoms with E-state index >= 15 is 0 Å². The molecule has 0 radical (unpaired) electrons. The van der Waals surface area contributed by atoms with Crippen LogP contribution in [0.1, 0.15) is 96.5 Å². The van der Waals surface area contributed by atoms with Crippen LogP contribution in [0.25, 0.3) is 0 Å². The van der Waals surface area contributed by atoms with Crippen LogP contribution < -0.4 is 10.6 Å². The summed E-state index contributed by atoms with van der Waals surface area (Å²) in [7, 11) is 0. The Labute approximate surface area is 281 Å². The zero-order chi connectivity index (χ0) is 33.4. The maximum absolute atomic E-state index is 14.5. The van der Waals surface area contributed by atoms with Gasteiger partial charge in [0.05, 0.1) is 30.3 Å². The van der Waals surface area contributed by atoms with E-state index in [1.807, 2.05) is 26.8 Å². The minimum Gasteiger partial charge on any atom is -0.469 e. The van der Waals surface area contributed by atoms with Gasteiger partial charge in [-0.3, -0.25) is 9.59 Å². The summed E-state index contributed by atoms with van der Waals surface area (Å²) in [6.45, 7) is 9.80. The topological polar surface area (TPSA) is 149 Å². The Morgan fingerprint density at radius 1 is 1.00 bits per heavy atom. The third kappa shape index (κ3) is 3.86. The van der Waals surface area contributed by atoms with E-state index in [1.165, 1.54) is 25.7 Å². The Balaban J connectivity index is 1.02. The van der Waals surface area contributed by atoms with Gasteiger partial charge < -0.3 is 39.1 Å². The van der Waals surface area contributed by atoms with E-state index in [4.69, 9.17) is 23.4 Å². The number of epoxide rings is 1. The second kappa shape index (κ2) is 10.4. The van der Waals surface area contributed by atoms with Crippen LogP contribution in [-0.2, 0) is 39.8 Å². The molecule has 0 aromatic carbocycles. The van der Waals surface area contributed by atoms with Gasteiger partial charge in [-0.15, -0.1) is 0 Å². The lowest BCUT2D eigenvalue weighted by Gasteiger charge is -2.66. The quantitative estimate of drug-likeness (QED) is 0.314. The van der Waals surface area contributed by atoms with Gasteiger partial charge in [0.2, 0.25) is 0 Å². The Morgan fingerprint density at radius 3 is 2.54 bits per heavy atom. The van der Waals surface area contributed by atoms with Gasteiger partial charge >= 0.3 is 11.9 Å². The zero-order valence-corrected chi connectivity index (χ0v) is 28.5. The lowest BCUT2D eigenvalue weighted by atomic mass is 9.36. The summed E-state index contributed by atoms with van der Waals surface area (Å²) in [5, 5.41) is 19.2. The van der Waals surface area contributed by atoms with Crippen LogP contribution in [0, 0.1) is 39.9 Å². The average Bonchev–Trinajstić information content (AvgIpc) is 3.32. The number of rotatable bonds is 5. The largest absolute Gasteiger partial charge is 0.469 e. The molecule has 0 amide bonds. The molecule has 5 aliphatic heterocycles. The van der Waals surface area contributed by atoms with Crippen molar-refractivity contribution >= 4 is 17.7 Å². The number of hydrogen-bond acceptors (Lipinski definition) is 11. The van der Waals surface area contributed by atoms with Gasteiger partial charge in [0, 0.05) is 47.5 Å². The van der Waals surface area contributed by atoms with Crippen molar-refractivity contribution in [3.05, 3.63) is 23.7 Å². The SMILES string of the molecule is CC1(C)O[C@H]2CC(=O)OC[C@@]23[C@@H]1C(=O)[C@@H](O)[C@]1(C)[C@@H]3CC[C@@]2(C)[C@H](c3ccoc3CCC3CCC([C@H]4CNCN4)CC3)OC(=O)[C@H]3O[C@@]312. The van der Waals surface area contributed by atoms with Crippen LogP contribution in [-0.4, -0.2) is 78.2 Å². The molecule has 11 atom stereocenters. The van der Waals surface area contributed by atoms with Gasteiger partial charge in [-0.2, -0.15) is 0 Å². The fourth-order valence-corrected chi connectivity index (χ4v) is 12.9. The van der Waals surface area contributed by atoms with Crippen molar-refractivity contribution in [1.82, 2.24) is 10.6 Å². The number of Topliss-reactive ketones (excluding diaryl/α,β-unsaturated/α-hetero) is 1. The van der Waals surface area contributed by atoms with Crippen LogP contribution in [0.4, 0.5) is 0 Å². The summed E-state index contributed by atoms with van der Waals surface area (Å²) < 4.78 is 31.3. The van der Waals surface area contributed by atoms with Crippen LogP contribution in [0.2, 0.25) is 0 Å². The van der Waals surface area contributed by atoms with Gasteiger partial charge in [0.15, 0.2) is 11.9 Å². The van der Waals surface area contributed by atoms with Crippen LogP contribution in [0.15, 0.2) is 16.7 Å². The molecule has 8 fully saturated rings. The van der Waals surface area contributed by atoms with Gasteiger partial charge in [0.1, 0.15) is 30.2 Å². The lowest BCUT2D eigenvalue weighted by Crippen LogP contribution is -2.76. The number of aliphatic hydroxyl groups excluding tert-OH is 1. The number of carbonyl (C=O) groups excluding carboxylic acids is 3. The Bertz CT molecular complexity index is 1530. The summed E-state index contributed by atoms with van der Waals surface area (Å²) in [6.07, 6.45) is 6.23. The molecule has 11 nitrogen and oxygen atoms in total. The molecule has 2 spiro atoms. The second-order valence-corrected chi connectivity index (χ2v) is 17.3. The lowest BCUT2D eigenvalue weighted by molar-refractivity contribution is -0.252. The first kappa shape index (κ1) is 31.7. The normalized spacial score (nSPS) is 50.4. The molecule has 5 saturated heterocycles. The zero-order valence-electron chi connectivity index (χ0n) is 28.5. The Morgan fingerprint density at radius 2 is 1.79 bits per heavy atom. The van der Waals surface area contributed by atoms with Gasteiger partial charge in [-0.05, 0) is 69.8 Å². The first-order valence-corrected chi connectivity index (χ1v) is 18.3. The number of esters is 2. The van der Waals surface area contributed by atoms with E-state index in [9.17, 15) is 19.5 Å². The maximum Gasteiger partial charge on any atom is 0.339 e. The minimum absolute atomic E-state index is 0.0521. The number of ether oxygens (including phenoxy) is 4. The molecule has 262 valence electrons. The van der Waals surface area contributed by atoms with Crippen molar-refractivity contribution in [2.75, 3.05) is 19.8 Å². The summed E-state index contributed by atoms with van der Waals surface area (Å²) in [5.41, 5.74) is -3.88. The predicted octanol–water partition coefficient (Wildman–Crippen LogP) is 3.37. The highest BCUT2D eigenvalue weighted by molar-refractivity contribution is 5.92. The molecule has 3 aliphatic carbocycles. The number of ketones is 1. The van der Waals surface area contributed by atoms with Crippen LogP contribution in [0.5, 0.6) is 0 Å². The van der Waals surface area contributed by atoms with Crippen molar-refractivity contribution in [2.24, 2.45) is 39.9 Å². The van der Waals surface area contributed by atoms with Crippen LogP contribution in [0.3, 0.4) is 0 Å². The number of furan rings is 1. The standard InChI is InChI=1S/C37H50N2O9/c1-33(2)28-27(41)29(42)35(4)24(36(28)17-45-26(40)15-25(36)47-33)11-13-34(3)30(46-32(43)31-37(34,35)48-31)21-12-14-44-23(21)10-7-19-5-8-20(9-6-19)22-16-38-18-39-22/h12,14,19-20,22,24-25,28-31,38-39,42H,5-11,13,15-18H2,1-4H3/t19?,20?,22-,24+,25+,28-,29-,30+,31-,34+,35+,36+,37-/m1/s1. The number of fused-ring (bicyclic) bond motifs is 1. The second-order valence-electron chi connectivity index (χ2n) is 17.3. The molecule has 48 heavy (non-hydrogen) atoms. The van der Waals surface area contributed by atoms with Gasteiger partial charge in [-0.1, -0.05) is 26.7 Å². The third-order valence-corrected chi connectivity index (χ3v) is 15.0. The highest BCUT2D eigenvalue weighted by Gasteiger charge is 2.90. The van der Waals surface area contributed by atoms with E-state index in [-0.39, 0.29) is 30.7 Å². The van der Waals surface area contributed by atoms with E-state index in [0.717, 1.165) is 43.3 Å². The van der Waals surface area contributed by atoms with Gasteiger partial charge in [0.25, 0.3) is 0 Å². The molecule has 1 aromatic rings. The highest BCUT2D eigenvalue weighted by Crippen LogP contribution is 2.80. The molecule has 3 saturated carbocycles. The smallest absolute Gasteiger partial charge is 0.339 e. The molecule has 9 rings (SSSR count). The summed E-state index contributed by atoms with van der Waals surface area (Å²) in [6, 6.07) is 2.51. The monoisotopic (exact) mass is 666 g/mol. The van der Waals surface area contributed by atoms with Gasteiger partial charge in [-0.25, -0.2) is 4.79 Å². The molecule has 1 aromatic heterocycles. The number of aliphatic hydroxyl groups is 1. The van der Waals surface area contributed by atoms with E-state index in [2.05, 4.69) is 17.6 Å². The molecular formula is C37H50N2O9. The molecule has 0 bridgehead atoms. The maximum atomic E-state index is 14.5. The van der Waals surface area contributed by atoms with E-state index in [1.54, 1.807) is 6.26 Å². The number of carbonyl (C=O) groups is 3. The van der Waals surface area contributed by atoms with E-state index in [0.29, 0.717) is 24.8 Å². The summed E-state index contributed by atoms with van der Waals surface area (Å²) >= 11 is 0. The first-order valence-electron chi connectivity index (χ1n) is 18.3. The Hall–Kier alpha value is -2.31. The molecule has 11 heteroatoms. The van der Waals surface area contributed by atoms with Crippen molar-refractivity contribution < 1.29 is 42.9 Å². The molecule has 3 N–H and O–H groups in total. The molecule has 8 aliphatic rings. The third-order valence-electron chi connectivity index (χ3n) is 15.0. The fourth-order valence-electron chi connectivity index (χ4n) is 12.9. The van der Waals surface area contributed by atoms with E-state index < -0.39 is 63.8 Å². The number of hydrogen-bond donors (Lipinski definition) is 3. The van der Waals surface area contributed by atoms with Crippen LogP contribution >= 0.6 is 0 Å². The van der Waals surface area contributed by atoms with Crippen molar-refractivity contribution in [1.29, 1.82) is 0 Å². The van der Waals surface area contributed by atoms with Crippen molar-refractivity contribution in [3.63, 3.8) is 0 Å². The Kier molecular flexibility index (Phi) is 6.84. The number of cyclic esters (lactones) is 2. The average molecular weight is 667 g/mol. The fraction of sp³-hybridized carbons (Fsp3) is 0.811. The number of nitrogens with one attached hydrogen (secondary N) is 2. The van der Waals surface area contributed by atoms with Crippen molar-refractivity contribution in [3.8, 4) is 0 Å². The predicted molar refractivity (Wildman–Crippen MR) is 169 cm³/mol. The minimum atomic E-state index is -1.39. The highest BCUT2D eigenvalue weighted by atomic mass is 16.7. The van der Waals surface area contributed by atoms with Crippen molar-refractivity contribution in [2.45, 2.75) is 127 Å².